The van der Waals surface area contributed by atoms with Crippen molar-refractivity contribution in [2.45, 2.75) is 5.16 Å². The van der Waals surface area contributed by atoms with Gasteiger partial charge in [-0.15, -0.1) is 0 Å². The zero-order chi connectivity index (χ0) is 8.43. The van der Waals surface area contributed by atoms with E-state index in [4.69, 9.17) is 23.2 Å². The first kappa shape index (κ1) is 8.83. The molecule has 4 nitrogen and oxygen atoms in total. The molecular formula is C4H3Cl2N3OS. The Morgan fingerprint density at radius 3 is 2.00 bits per heavy atom. The molecule has 0 N–H and O–H groups in total. The third-order valence-electron chi connectivity index (χ3n) is 0.817. The highest BCUT2D eigenvalue weighted by atomic mass is 35.5. The van der Waals surface area contributed by atoms with Gasteiger partial charge in [0.25, 0.3) is 0 Å². The van der Waals surface area contributed by atoms with Crippen LogP contribution in [0.4, 0.5) is 0 Å². The van der Waals surface area contributed by atoms with Gasteiger partial charge in [-0.3, -0.25) is 4.21 Å². The molecule has 0 aliphatic carbocycles. The topological polar surface area (TPSA) is 55.7 Å². The van der Waals surface area contributed by atoms with Crippen LogP contribution in [0, 0.1) is 0 Å². The summed E-state index contributed by atoms with van der Waals surface area (Å²) in [5.74, 6) is 0. The van der Waals surface area contributed by atoms with Gasteiger partial charge in [0.1, 0.15) is 0 Å². The fourth-order valence-corrected chi connectivity index (χ4v) is 1.33. The summed E-state index contributed by atoms with van der Waals surface area (Å²) in [5, 5.41) is 0.000370. The predicted molar refractivity (Wildman–Crippen MR) is 42.2 cm³/mol. The molecule has 0 fully saturated rings. The Labute approximate surface area is 75.4 Å². The van der Waals surface area contributed by atoms with Crippen LogP contribution in [-0.4, -0.2) is 25.4 Å². The van der Waals surface area contributed by atoms with E-state index in [0.717, 1.165) is 0 Å². The molecule has 0 saturated carbocycles. The van der Waals surface area contributed by atoms with E-state index in [-0.39, 0.29) is 15.7 Å². The number of halogens is 2. The van der Waals surface area contributed by atoms with Crippen molar-refractivity contribution >= 4 is 34.0 Å². The van der Waals surface area contributed by atoms with Gasteiger partial charge in [-0.2, -0.15) is 15.0 Å². The summed E-state index contributed by atoms with van der Waals surface area (Å²) in [6, 6.07) is 0. The fourth-order valence-electron chi connectivity index (χ4n) is 0.438. The first-order chi connectivity index (χ1) is 5.09. The minimum Gasteiger partial charge on any atom is -0.251 e. The number of hydrogen-bond acceptors (Lipinski definition) is 4. The molecule has 1 unspecified atom stereocenters. The average Bonchev–Trinajstić information content (AvgIpc) is 1.85. The van der Waals surface area contributed by atoms with Crippen molar-refractivity contribution in [1.82, 2.24) is 15.0 Å². The van der Waals surface area contributed by atoms with Crippen LogP contribution in [0.2, 0.25) is 10.6 Å². The molecule has 1 atom stereocenters. The lowest BCUT2D eigenvalue weighted by atomic mass is 11.1. The van der Waals surface area contributed by atoms with E-state index in [1.807, 2.05) is 0 Å². The van der Waals surface area contributed by atoms with Crippen molar-refractivity contribution in [2.24, 2.45) is 0 Å². The van der Waals surface area contributed by atoms with Gasteiger partial charge in [0, 0.05) is 6.26 Å². The molecular weight excluding hydrogens is 209 g/mol. The standard InChI is InChI=1S/C4H3Cl2N3OS/c1-11(10)4-8-2(5)7-3(6)9-4/h1H3. The summed E-state index contributed by atoms with van der Waals surface area (Å²) in [4.78, 5) is 10.7. The van der Waals surface area contributed by atoms with E-state index in [1.54, 1.807) is 0 Å². The molecule has 0 amide bonds. The molecule has 60 valence electrons. The van der Waals surface area contributed by atoms with Crippen LogP contribution >= 0.6 is 23.2 Å². The maximum absolute atomic E-state index is 10.8. The summed E-state index contributed by atoms with van der Waals surface area (Å²) in [7, 11) is -1.28. The molecule has 1 aromatic rings. The summed E-state index contributed by atoms with van der Waals surface area (Å²) in [6.07, 6.45) is 1.43. The first-order valence-corrected chi connectivity index (χ1v) is 4.81. The molecule has 0 spiro atoms. The van der Waals surface area contributed by atoms with Crippen molar-refractivity contribution < 1.29 is 4.21 Å². The van der Waals surface area contributed by atoms with Crippen molar-refractivity contribution in [1.29, 1.82) is 0 Å². The number of hydrogen-bond donors (Lipinski definition) is 0. The van der Waals surface area contributed by atoms with Gasteiger partial charge in [-0.05, 0) is 23.2 Å². The van der Waals surface area contributed by atoms with Crippen LogP contribution in [0.25, 0.3) is 0 Å². The van der Waals surface area contributed by atoms with E-state index in [1.165, 1.54) is 6.26 Å². The highest BCUT2D eigenvalue weighted by molar-refractivity contribution is 7.84. The summed E-state index contributed by atoms with van der Waals surface area (Å²) >= 11 is 10.8. The Morgan fingerprint density at radius 2 is 1.64 bits per heavy atom. The quantitative estimate of drug-likeness (QED) is 0.694. The largest absolute Gasteiger partial charge is 0.251 e. The van der Waals surface area contributed by atoms with Gasteiger partial charge in [-0.1, -0.05) is 0 Å². The molecule has 1 rings (SSSR count). The van der Waals surface area contributed by atoms with E-state index in [9.17, 15) is 4.21 Å². The van der Waals surface area contributed by atoms with Crippen LogP contribution in [0.3, 0.4) is 0 Å². The summed E-state index contributed by atoms with van der Waals surface area (Å²) in [6.45, 7) is 0. The summed E-state index contributed by atoms with van der Waals surface area (Å²) < 4.78 is 10.8. The molecule has 0 aromatic carbocycles. The fraction of sp³-hybridized carbons (Fsp3) is 0.250. The molecule has 0 saturated heterocycles. The van der Waals surface area contributed by atoms with Crippen LogP contribution in [0.1, 0.15) is 0 Å². The second kappa shape index (κ2) is 3.42. The van der Waals surface area contributed by atoms with Crippen molar-refractivity contribution in [3.05, 3.63) is 10.6 Å². The minimum absolute atomic E-state index is 0.0461. The predicted octanol–water partition coefficient (Wildman–Crippen LogP) is 0.916. The second-order valence-corrected chi connectivity index (χ2v) is 3.56. The minimum atomic E-state index is -1.28. The maximum Gasteiger partial charge on any atom is 0.227 e. The Hall–Kier alpha value is -0.260. The molecule has 0 aliphatic rings. The van der Waals surface area contributed by atoms with Crippen LogP contribution in [0.15, 0.2) is 5.16 Å². The SMILES string of the molecule is CS(=O)c1nc(Cl)nc(Cl)n1. The monoisotopic (exact) mass is 211 g/mol. The normalized spacial score (nSPS) is 13.0. The number of aromatic nitrogens is 3. The third-order valence-corrected chi connectivity index (χ3v) is 1.85. The summed E-state index contributed by atoms with van der Waals surface area (Å²) in [5.41, 5.74) is 0. The zero-order valence-electron chi connectivity index (χ0n) is 5.41. The molecule has 0 bridgehead atoms. The highest BCUT2D eigenvalue weighted by Crippen LogP contribution is 2.07. The molecule has 0 radical (unpaired) electrons. The zero-order valence-corrected chi connectivity index (χ0v) is 7.74. The van der Waals surface area contributed by atoms with Gasteiger partial charge < -0.3 is 0 Å². The van der Waals surface area contributed by atoms with Gasteiger partial charge in [-0.25, -0.2) is 0 Å². The van der Waals surface area contributed by atoms with Gasteiger partial charge in [0.2, 0.25) is 15.7 Å². The third kappa shape index (κ3) is 2.36. The van der Waals surface area contributed by atoms with Crippen LogP contribution in [-0.2, 0) is 10.8 Å². The van der Waals surface area contributed by atoms with Gasteiger partial charge in [0.05, 0.1) is 10.8 Å². The van der Waals surface area contributed by atoms with Crippen molar-refractivity contribution in [2.75, 3.05) is 6.26 Å². The molecule has 7 heteroatoms. The van der Waals surface area contributed by atoms with Crippen molar-refractivity contribution in [3.8, 4) is 0 Å². The molecule has 1 aromatic heterocycles. The number of nitrogens with zero attached hydrogens (tertiary/aromatic N) is 3. The number of rotatable bonds is 1. The molecule has 0 aliphatic heterocycles. The lowest BCUT2D eigenvalue weighted by Gasteiger charge is -1.94. The average molecular weight is 212 g/mol. The Morgan fingerprint density at radius 1 is 1.18 bits per heavy atom. The maximum atomic E-state index is 10.8. The van der Waals surface area contributed by atoms with Crippen LogP contribution < -0.4 is 0 Å². The van der Waals surface area contributed by atoms with Crippen LogP contribution in [0.5, 0.6) is 0 Å². The Balaban J connectivity index is 3.19. The van der Waals surface area contributed by atoms with Gasteiger partial charge >= 0.3 is 0 Å². The van der Waals surface area contributed by atoms with Crippen molar-refractivity contribution in [3.63, 3.8) is 0 Å². The highest BCUT2D eigenvalue weighted by Gasteiger charge is 2.05. The molecule has 11 heavy (non-hydrogen) atoms. The van der Waals surface area contributed by atoms with E-state index in [2.05, 4.69) is 15.0 Å². The molecule has 1 heterocycles. The van der Waals surface area contributed by atoms with Gasteiger partial charge in [0.15, 0.2) is 0 Å². The van der Waals surface area contributed by atoms with E-state index in [0.29, 0.717) is 0 Å². The first-order valence-electron chi connectivity index (χ1n) is 2.50. The lowest BCUT2D eigenvalue weighted by molar-refractivity contribution is 0.678. The van der Waals surface area contributed by atoms with E-state index >= 15 is 0 Å². The Kier molecular flexibility index (Phi) is 2.75. The lowest BCUT2D eigenvalue weighted by Crippen LogP contribution is -1.99. The smallest absolute Gasteiger partial charge is 0.227 e. The second-order valence-electron chi connectivity index (χ2n) is 1.61. The Bertz CT molecular complexity index is 285. The van der Waals surface area contributed by atoms with E-state index < -0.39 is 10.8 Å².